The van der Waals surface area contributed by atoms with E-state index in [2.05, 4.69) is 31.0 Å². The zero-order valence-corrected chi connectivity index (χ0v) is 9.23. The standard InChI is InChI=1S/C11H15N3O/c1-11(2,3)6-10-13-12-9-5-4-8(15)7-14(9)10/h4-5,7,15H,6H2,1-3H3. The van der Waals surface area contributed by atoms with Crippen LogP contribution in [-0.2, 0) is 6.42 Å². The Kier molecular flexibility index (Phi) is 2.14. The molecule has 0 fully saturated rings. The fraction of sp³-hybridized carbons (Fsp3) is 0.455. The number of fused-ring (bicyclic) bond motifs is 1. The molecule has 0 aliphatic carbocycles. The second kappa shape index (κ2) is 3.22. The van der Waals surface area contributed by atoms with E-state index < -0.39 is 0 Å². The van der Waals surface area contributed by atoms with Gasteiger partial charge in [0, 0.05) is 6.42 Å². The first-order chi connectivity index (χ1) is 6.96. The molecule has 0 aliphatic heterocycles. The summed E-state index contributed by atoms with van der Waals surface area (Å²) in [4.78, 5) is 0. The lowest BCUT2D eigenvalue weighted by Gasteiger charge is -2.16. The molecule has 0 radical (unpaired) electrons. The molecule has 4 nitrogen and oxygen atoms in total. The van der Waals surface area contributed by atoms with Crippen molar-refractivity contribution in [1.82, 2.24) is 14.6 Å². The van der Waals surface area contributed by atoms with Crippen molar-refractivity contribution >= 4 is 5.65 Å². The molecule has 0 aliphatic rings. The summed E-state index contributed by atoms with van der Waals surface area (Å²) in [5.74, 6) is 1.12. The predicted octanol–water partition coefficient (Wildman–Crippen LogP) is 2.02. The monoisotopic (exact) mass is 205 g/mol. The zero-order chi connectivity index (χ0) is 11.1. The van der Waals surface area contributed by atoms with E-state index in [0.29, 0.717) is 0 Å². The lowest BCUT2D eigenvalue weighted by atomic mass is 9.92. The van der Waals surface area contributed by atoms with E-state index in [0.717, 1.165) is 17.9 Å². The smallest absolute Gasteiger partial charge is 0.161 e. The zero-order valence-electron chi connectivity index (χ0n) is 9.23. The first kappa shape index (κ1) is 9.96. The largest absolute Gasteiger partial charge is 0.506 e. The summed E-state index contributed by atoms with van der Waals surface area (Å²) in [7, 11) is 0. The van der Waals surface area contributed by atoms with Crippen molar-refractivity contribution in [3.8, 4) is 5.75 Å². The maximum absolute atomic E-state index is 9.39. The number of pyridine rings is 1. The lowest BCUT2D eigenvalue weighted by Crippen LogP contribution is -2.11. The summed E-state index contributed by atoms with van der Waals surface area (Å²) in [5.41, 5.74) is 0.932. The second-order valence-electron chi connectivity index (χ2n) is 4.97. The Bertz CT molecular complexity index is 482. The van der Waals surface area contributed by atoms with E-state index in [1.807, 2.05) is 4.40 Å². The van der Waals surface area contributed by atoms with Crippen LogP contribution in [0.1, 0.15) is 26.6 Å². The molecule has 0 spiro atoms. The molecule has 2 aromatic rings. The van der Waals surface area contributed by atoms with Gasteiger partial charge in [0.15, 0.2) is 5.65 Å². The van der Waals surface area contributed by atoms with Gasteiger partial charge in [-0.2, -0.15) is 0 Å². The topological polar surface area (TPSA) is 50.4 Å². The molecule has 2 heterocycles. The number of hydrogen-bond donors (Lipinski definition) is 1. The fourth-order valence-corrected chi connectivity index (χ4v) is 1.52. The Morgan fingerprint density at radius 1 is 1.27 bits per heavy atom. The van der Waals surface area contributed by atoms with Crippen molar-refractivity contribution in [1.29, 1.82) is 0 Å². The summed E-state index contributed by atoms with van der Waals surface area (Å²) in [6, 6.07) is 3.37. The van der Waals surface area contributed by atoms with Crippen molar-refractivity contribution in [2.24, 2.45) is 5.41 Å². The van der Waals surface area contributed by atoms with E-state index in [1.54, 1.807) is 18.3 Å². The average molecular weight is 205 g/mol. The molecular weight excluding hydrogens is 190 g/mol. The summed E-state index contributed by atoms with van der Waals surface area (Å²) >= 11 is 0. The van der Waals surface area contributed by atoms with Crippen LogP contribution in [0.2, 0.25) is 0 Å². The van der Waals surface area contributed by atoms with Crippen LogP contribution in [-0.4, -0.2) is 19.7 Å². The Hall–Kier alpha value is -1.58. The van der Waals surface area contributed by atoms with Crippen LogP contribution in [0.3, 0.4) is 0 Å². The normalized spacial score (nSPS) is 12.2. The van der Waals surface area contributed by atoms with Crippen molar-refractivity contribution in [3.63, 3.8) is 0 Å². The average Bonchev–Trinajstić information content (AvgIpc) is 2.46. The number of aromatic hydroxyl groups is 1. The van der Waals surface area contributed by atoms with Gasteiger partial charge in [-0.15, -0.1) is 10.2 Å². The highest BCUT2D eigenvalue weighted by Crippen LogP contribution is 2.20. The van der Waals surface area contributed by atoms with Crippen LogP contribution in [0.25, 0.3) is 5.65 Å². The van der Waals surface area contributed by atoms with Gasteiger partial charge in [-0.1, -0.05) is 20.8 Å². The van der Waals surface area contributed by atoms with Gasteiger partial charge in [-0.25, -0.2) is 0 Å². The van der Waals surface area contributed by atoms with Gasteiger partial charge >= 0.3 is 0 Å². The van der Waals surface area contributed by atoms with Gasteiger partial charge in [0.2, 0.25) is 0 Å². The van der Waals surface area contributed by atoms with E-state index in [9.17, 15) is 5.11 Å². The molecule has 1 N–H and O–H groups in total. The third-order valence-electron chi connectivity index (χ3n) is 2.15. The number of hydrogen-bond acceptors (Lipinski definition) is 3. The van der Waals surface area contributed by atoms with E-state index >= 15 is 0 Å². The van der Waals surface area contributed by atoms with E-state index in [-0.39, 0.29) is 11.2 Å². The minimum Gasteiger partial charge on any atom is -0.506 e. The summed E-state index contributed by atoms with van der Waals surface area (Å²) < 4.78 is 1.83. The number of rotatable bonds is 1. The Morgan fingerprint density at radius 3 is 2.67 bits per heavy atom. The van der Waals surface area contributed by atoms with Crippen LogP contribution in [0.15, 0.2) is 18.3 Å². The van der Waals surface area contributed by atoms with E-state index in [1.165, 1.54) is 0 Å². The molecule has 0 saturated carbocycles. The second-order valence-corrected chi connectivity index (χ2v) is 4.97. The molecule has 2 rings (SSSR count). The molecule has 0 bridgehead atoms. The molecule has 4 heteroatoms. The first-order valence-electron chi connectivity index (χ1n) is 4.98. The summed E-state index contributed by atoms with van der Waals surface area (Å²) in [6.07, 6.45) is 2.48. The summed E-state index contributed by atoms with van der Waals surface area (Å²) in [5, 5.41) is 17.6. The molecular formula is C11H15N3O. The Labute approximate surface area is 88.6 Å². The van der Waals surface area contributed by atoms with Crippen molar-refractivity contribution in [3.05, 3.63) is 24.2 Å². The van der Waals surface area contributed by atoms with Crippen molar-refractivity contribution in [2.45, 2.75) is 27.2 Å². The van der Waals surface area contributed by atoms with Crippen molar-refractivity contribution < 1.29 is 5.11 Å². The van der Waals surface area contributed by atoms with Crippen LogP contribution in [0.5, 0.6) is 5.75 Å². The minimum atomic E-state index is 0.161. The molecule has 0 saturated heterocycles. The Morgan fingerprint density at radius 2 is 2.00 bits per heavy atom. The van der Waals surface area contributed by atoms with Gasteiger partial charge < -0.3 is 5.11 Å². The highest BCUT2D eigenvalue weighted by Gasteiger charge is 2.15. The van der Waals surface area contributed by atoms with Crippen LogP contribution >= 0.6 is 0 Å². The van der Waals surface area contributed by atoms with Gasteiger partial charge in [0.25, 0.3) is 0 Å². The highest BCUT2D eigenvalue weighted by molar-refractivity contribution is 5.41. The minimum absolute atomic E-state index is 0.161. The lowest BCUT2D eigenvalue weighted by molar-refractivity contribution is 0.398. The first-order valence-corrected chi connectivity index (χ1v) is 4.98. The van der Waals surface area contributed by atoms with Crippen LogP contribution < -0.4 is 0 Å². The molecule has 0 unspecified atom stereocenters. The third-order valence-corrected chi connectivity index (χ3v) is 2.15. The number of nitrogens with zero attached hydrogens (tertiary/aromatic N) is 3. The molecule has 0 atom stereocenters. The highest BCUT2D eigenvalue weighted by atomic mass is 16.3. The molecule has 2 aromatic heterocycles. The van der Waals surface area contributed by atoms with Crippen molar-refractivity contribution in [2.75, 3.05) is 0 Å². The maximum atomic E-state index is 9.39. The SMILES string of the molecule is CC(C)(C)Cc1nnc2ccc(O)cn12. The third kappa shape index (κ3) is 2.09. The van der Waals surface area contributed by atoms with E-state index in [4.69, 9.17) is 0 Å². The quantitative estimate of drug-likeness (QED) is 0.775. The maximum Gasteiger partial charge on any atom is 0.161 e. The van der Waals surface area contributed by atoms with Gasteiger partial charge in [0.1, 0.15) is 11.6 Å². The molecule has 0 aromatic carbocycles. The van der Waals surface area contributed by atoms with Gasteiger partial charge in [-0.05, 0) is 17.5 Å². The molecule has 80 valence electrons. The summed E-state index contributed by atoms with van der Waals surface area (Å²) in [6.45, 7) is 6.45. The predicted molar refractivity (Wildman–Crippen MR) is 57.8 cm³/mol. The molecule has 15 heavy (non-hydrogen) atoms. The van der Waals surface area contributed by atoms with Gasteiger partial charge in [-0.3, -0.25) is 4.40 Å². The Balaban J connectivity index is 2.48. The molecule has 0 amide bonds. The fourth-order valence-electron chi connectivity index (χ4n) is 1.52. The van der Waals surface area contributed by atoms with Crippen LogP contribution in [0, 0.1) is 5.41 Å². The van der Waals surface area contributed by atoms with Gasteiger partial charge in [0.05, 0.1) is 6.20 Å². The number of aromatic nitrogens is 3. The van der Waals surface area contributed by atoms with Crippen LogP contribution in [0.4, 0.5) is 0 Å².